The lowest BCUT2D eigenvalue weighted by Crippen LogP contribution is -2.36. The van der Waals surface area contributed by atoms with E-state index in [4.69, 9.17) is 14.8 Å². The summed E-state index contributed by atoms with van der Waals surface area (Å²) in [6.45, 7) is 5.07. The van der Waals surface area contributed by atoms with Crippen molar-refractivity contribution >= 4 is 33.1 Å². The number of aryl methyl sites for hydroxylation is 1. The van der Waals surface area contributed by atoms with E-state index in [1.807, 2.05) is 29.1 Å². The number of carbonyl (C=O) groups is 1. The number of hydrogen-bond donors (Lipinski definition) is 0. The SMILES string of the molecule is Cc1cccc(-c2ccn(-c3cc(N4CCOCC4)c4sc(C(=O)N(C)C)cc4n3)n2)c1. The number of ether oxygens (including phenoxy) is 1. The molecule has 0 bridgehead atoms. The fourth-order valence-electron chi connectivity index (χ4n) is 3.88. The highest BCUT2D eigenvalue weighted by molar-refractivity contribution is 7.21. The molecule has 0 atom stereocenters. The lowest BCUT2D eigenvalue weighted by molar-refractivity contribution is 0.0832. The summed E-state index contributed by atoms with van der Waals surface area (Å²) in [6, 6.07) is 14.3. The zero-order chi connectivity index (χ0) is 22.2. The summed E-state index contributed by atoms with van der Waals surface area (Å²) < 4.78 is 8.38. The predicted molar refractivity (Wildman–Crippen MR) is 128 cm³/mol. The molecule has 1 fully saturated rings. The molecular weight excluding hydrogens is 422 g/mol. The van der Waals surface area contributed by atoms with Gasteiger partial charge in [0, 0.05) is 45.0 Å². The van der Waals surface area contributed by atoms with Crippen LogP contribution in [0.4, 0.5) is 5.69 Å². The molecule has 0 saturated carbocycles. The van der Waals surface area contributed by atoms with Crippen molar-refractivity contribution < 1.29 is 9.53 Å². The number of fused-ring (bicyclic) bond motifs is 1. The fraction of sp³-hybridized carbons (Fsp3) is 0.292. The first-order valence-electron chi connectivity index (χ1n) is 10.6. The number of benzene rings is 1. The Morgan fingerprint density at radius 1 is 1.12 bits per heavy atom. The molecule has 1 aliphatic rings. The molecule has 0 radical (unpaired) electrons. The van der Waals surface area contributed by atoms with Gasteiger partial charge in [-0.3, -0.25) is 4.79 Å². The van der Waals surface area contributed by atoms with Gasteiger partial charge in [0.05, 0.1) is 39.7 Å². The Morgan fingerprint density at radius 2 is 1.94 bits per heavy atom. The molecule has 0 aliphatic carbocycles. The van der Waals surface area contributed by atoms with Crippen molar-refractivity contribution in [3.63, 3.8) is 0 Å². The van der Waals surface area contributed by atoms with Crippen LogP contribution in [-0.4, -0.2) is 66.0 Å². The van der Waals surface area contributed by atoms with Gasteiger partial charge in [-0.25, -0.2) is 9.67 Å². The molecule has 4 aromatic rings. The highest BCUT2D eigenvalue weighted by Crippen LogP contribution is 2.36. The smallest absolute Gasteiger partial charge is 0.263 e. The van der Waals surface area contributed by atoms with Crippen LogP contribution in [0.1, 0.15) is 15.2 Å². The predicted octanol–water partition coefficient (Wildman–Crippen LogP) is 4.00. The van der Waals surface area contributed by atoms with Gasteiger partial charge in [-0.05, 0) is 25.1 Å². The van der Waals surface area contributed by atoms with Crippen molar-refractivity contribution in [2.75, 3.05) is 45.3 Å². The number of morpholine rings is 1. The molecule has 3 aromatic heterocycles. The van der Waals surface area contributed by atoms with E-state index in [0.29, 0.717) is 18.1 Å². The Balaban J connectivity index is 1.61. The topological polar surface area (TPSA) is 63.5 Å². The van der Waals surface area contributed by atoms with Crippen LogP contribution in [0.3, 0.4) is 0 Å². The maximum atomic E-state index is 12.6. The van der Waals surface area contributed by atoms with Crippen molar-refractivity contribution in [1.29, 1.82) is 0 Å². The van der Waals surface area contributed by atoms with Gasteiger partial charge in [0.1, 0.15) is 0 Å². The van der Waals surface area contributed by atoms with Crippen LogP contribution in [-0.2, 0) is 4.74 Å². The van der Waals surface area contributed by atoms with Gasteiger partial charge < -0.3 is 14.5 Å². The fourth-order valence-corrected chi connectivity index (χ4v) is 5.05. The van der Waals surface area contributed by atoms with Crippen molar-refractivity contribution in [3.8, 4) is 17.1 Å². The molecular formula is C24H25N5O2S. The second kappa shape index (κ2) is 8.37. The second-order valence-corrected chi connectivity index (χ2v) is 9.19. The molecule has 4 heterocycles. The number of anilines is 1. The largest absolute Gasteiger partial charge is 0.378 e. The molecule has 0 unspecified atom stereocenters. The minimum Gasteiger partial charge on any atom is -0.378 e. The number of thiophene rings is 1. The van der Waals surface area contributed by atoms with Crippen molar-refractivity contribution in [1.82, 2.24) is 19.7 Å². The van der Waals surface area contributed by atoms with E-state index < -0.39 is 0 Å². The molecule has 164 valence electrons. The first-order chi connectivity index (χ1) is 15.5. The van der Waals surface area contributed by atoms with E-state index in [1.54, 1.807) is 19.0 Å². The average Bonchev–Trinajstić information content (AvgIpc) is 3.46. The van der Waals surface area contributed by atoms with Crippen molar-refractivity contribution in [2.45, 2.75) is 6.92 Å². The molecule has 5 rings (SSSR count). The van der Waals surface area contributed by atoms with E-state index in [9.17, 15) is 4.79 Å². The highest BCUT2D eigenvalue weighted by atomic mass is 32.1. The first-order valence-corrected chi connectivity index (χ1v) is 11.4. The van der Waals surface area contributed by atoms with Crippen LogP contribution in [0, 0.1) is 6.92 Å². The molecule has 7 nitrogen and oxygen atoms in total. The zero-order valence-corrected chi connectivity index (χ0v) is 19.2. The Bertz CT molecular complexity index is 1290. The van der Waals surface area contributed by atoms with Gasteiger partial charge in [-0.2, -0.15) is 5.10 Å². The van der Waals surface area contributed by atoms with E-state index in [1.165, 1.54) is 16.9 Å². The third kappa shape index (κ3) is 3.87. The van der Waals surface area contributed by atoms with Gasteiger partial charge in [0.2, 0.25) is 0 Å². The minimum absolute atomic E-state index is 0.0108. The van der Waals surface area contributed by atoms with Gasteiger partial charge >= 0.3 is 0 Å². The van der Waals surface area contributed by atoms with Crippen LogP contribution in [0.25, 0.3) is 27.3 Å². The lowest BCUT2D eigenvalue weighted by Gasteiger charge is -2.29. The van der Waals surface area contributed by atoms with Gasteiger partial charge in [-0.1, -0.05) is 23.8 Å². The third-order valence-corrected chi connectivity index (χ3v) is 6.69. The second-order valence-electron chi connectivity index (χ2n) is 8.14. The van der Waals surface area contributed by atoms with Crippen LogP contribution in [0.2, 0.25) is 0 Å². The molecule has 1 aromatic carbocycles. The quantitative estimate of drug-likeness (QED) is 0.473. The van der Waals surface area contributed by atoms with E-state index >= 15 is 0 Å². The molecule has 8 heteroatoms. The van der Waals surface area contributed by atoms with Crippen molar-refractivity contribution in [3.05, 3.63) is 59.1 Å². The third-order valence-electron chi connectivity index (χ3n) is 5.55. The minimum atomic E-state index is -0.0108. The number of hydrogen-bond acceptors (Lipinski definition) is 6. The van der Waals surface area contributed by atoms with E-state index in [-0.39, 0.29) is 5.91 Å². The molecule has 1 aliphatic heterocycles. The van der Waals surface area contributed by atoms with E-state index in [0.717, 1.165) is 46.1 Å². The number of pyridine rings is 1. The van der Waals surface area contributed by atoms with Crippen LogP contribution in [0.5, 0.6) is 0 Å². The number of carbonyl (C=O) groups excluding carboxylic acids is 1. The number of aromatic nitrogens is 3. The summed E-state index contributed by atoms with van der Waals surface area (Å²) in [5.74, 6) is 0.725. The van der Waals surface area contributed by atoms with Crippen molar-refractivity contribution in [2.24, 2.45) is 0 Å². The van der Waals surface area contributed by atoms with Crippen LogP contribution in [0.15, 0.2) is 48.7 Å². The lowest BCUT2D eigenvalue weighted by atomic mass is 10.1. The molecule has 32 heavy (non-hydrogen) atoms. The number of nitrogens with zero attached hydrogens (tertiary/aromatic N) is 5. The Morgan fingerprint density at radius 3 is 2.69 bits per heavy atom. The maximum absolute atomic E-state index is 12.6. The van der Waals surface area contributed by atoms with Gasteiger partial charge in [-0.15, -0.1) is 11.3 Å². The van der Waals surface area contributed by atoms with Gasteiger partial charge in [0.15, 0.2) is 5.82 Å². The normalized spacial score (nSPS) is 14.2. The van der Waals surface area contributed by atoms with Crippen LogP contribution < -0.4 is 4.90 Å². The van der Waals surface area contributed by atoms with Gasteiger partial charge in [0.25, 0.3) is 5.91 Å². The molecule has 1 saturated heterocycles. The highest BCUT2D eigenvalue weighted by Gasteiger charge is 2.21. The molecule has 1 amide bonds. The zero-order valence-electron chi connectivity index (χ0n) is 18.4. The molecule has 0 N–H and O–H groups in total. The van der Waals surface area contributed by atoms with Crippen LogP contribution >= 0.6 is 11.3 Å². The number of rotatable bonds is 4. The summed E-state index contributed by atoms with van der Waals surface area (Å²) in [7, 11) is 3.54. The summed E-state index contributed by atoms with van der Waals surface area (Å²) in [5.41, 5.74) is 5.06. The first kappa shape index (κ1) is 20.7. The monoisotopic (exact) mass is 447 g/mol. The summed E-state index contributed by atoms with van der Waals surface area (Å²) in [6.07, 6.45) is 1.94. The van der Waals surface area contributed by atoms with E-state index in [2.05, 4.69) is 36.1 Å². The Hall–Kier alpha value is -3.23. The summed E-state index contributed by atoms with van der Waals surface area (Å²) >= 11 is 1.50. The Kier molecular flexibility index (Phi) is 5.40. The molecule has 0 spiro atoms. The Labute approximate surface area is 190 Å². The standard InChI is InChI=1S/C24H25N5O2S/c1-16-5-4-6-17(13-16)18-7-8-29(26-18)22-15-20(28-9-11-31-12-10-28)23-19(25-22)14-21(32-23)24(30)27(2)3/h4-8,13-15H,9-12H2,1-3H3. The maximum Gasteiger partial charge on any atom is 0.263 e. The summed E-state index contributed by atoms with van der Waals surface area (Å²) in [4.78, 5) is 22.1. The average molecular weight is 448 g/mol. The number of amides is 1. The summed E-state index contributed by atoms with van der Waals surface area (Å²) in [5, 5.41) is 4.79.